The Morgan fingerprint density at radius 1 is 1.20 bits per heavy atom. The number of methoxy groups -OCH3 is 2. The Morgan fingerprint density at radius 2 is 1.72 bits per heavy atom. The minimum Gasteiger partial charge on any atom is -0.466 e. The first kappa shape index (κ1) is 23.5. The van der Waals surface area contributed by atoms with E-state index in [0.29, 0.717) is 0 Å². The predicted octanol–water partition coefficient (Wildman–Crippen LogP) is 1.92. The highest BCUT2D eigenvalue weighted by molar-refractivity contribution is 6.74. The van der Waals surface area contributed by atoms with Gasteiger partial charge in [-0.3, -0.25) is 0 Å². The van der Waals surface area contributed by atoms with Crippen molar-refractivity contribution in [1.82, 2.24) is 0 Å². The molecule has 0 amide bonds. The maximum absolute atomic E-state index is 12.7. The van der Waals surface area contributed by atoms with Crippen LogP contribution in [0.15, 0.2) is 0 Å². The molecule has 25 heavy (non-hydrogen) atoms. The molecule has 0 aliphatic heterocycles. The van der Waals surface area contributed by atoms with Gasteiger partial charge in [0.15, 0.2) is 8.32 Å². The number of esters is 2. The van der Waals surface area contributed by atoms with Gasteiger partial charge in [-0.25, -0.2) is 9.59 Å². The van der Waals surface area contributed by atoms with E-state index in [1.165, 1.54) is 0 Å². The molecule has 144 valence electrons. The number of aliphatic hydroxyl groups excluding tert-OH is 1. The summed E-state index contributed by atoms with van der Waals surface area (Å²) in [6.45, 7) is 11.2. The maximum atomic E-state index is 12.7. The minimum atomic E-state index is -2.61. The lowest BCUT2D eigenvalue weighted by Gasteiger charge is -2.42. The Kier molecular flexibility index (Phi) is 8.17. The van der Waals surface area contributed by atoms with E-state index >= 15 is 0 Å². The molecular formula is C16H30N2O6Si. The molecule has 0 aromatic heterocycles. The first-order valence-electron chi connectivity index (χ1n) is 8.06. The van der Waals surface area contributed by atoms with E-state index in [0.717, 1.165) is 14.2 Å². The van der Waals surface area contributed by atoms with Crippen LogP contribution in [0.25, 0.3) is 5.53 Å². The summed E-state index contributed by atoms with van der Waals surface area (Å²) < 4.78 is 15.7. The van der Waals surface area contributed by atoms with Crippen molar-refractivity contribution in [2.45, 2.75) is 70.4 Å². The number of rotatable bonds is 8. The fraction of sp³-hybridized carbons (Fsp3) is 0.812. The Hall–Kier alpha value is -1.54. The molecule has 0 spiro atoms. The van der Waals surface area contributed by atoms with Gasteiger partial charge in [-0.15, -0.1) is 0 Å². The smallest absolute Gasteiger partial charge is 0.420 e. The largest absolute Gasteiger partial charge is 0.466 e. The summed E-state index contributed by atoms with van der Waals surface area (Å²) in [7, 11) is -0.350. The zero-order valence-electron chi connectivity index (χ0n) is 16.4. The van der Waals surface area contributed by atoms with Crippen LogP contribution in [0.1, 0.15) is 40.5 Å². The van der Waals surface area contributed by atoms with E-state index in [2.05, 4.69) is 9.53 Å². The SMILES string of the molecule is COC(=O)C(=[N+]=[N-])C(CCC(C)O)(O[Si](C)(C)C(C)(C)C)C(=O)OC. The van der Waals surface area contributed by atoms with Crippen LogP contribution in [-0.2, 0) is 23.5 Å². The average Bonchev–Trinajstić information content (AvgIpc) is 2.50. The number of aliphatic hydroxyl groups is 1. The fourth-order valence-corrected chi connectivity index (χ4v) is 3.47. The van der Waals surface area contributed by atoms with Crippen molar-refractivity contribution < 1.29 is 33.4 Å². The van der Waals surface area contributed by atoms with Crippen molar-refractivity contribution in [3.63, 3.8) is 0 Å². The molecule has 0 fully saturated rings. The minimum absolute atomic E-state index is 0.0989. The fourth-order valence-electron chi connectivity index (χ4n) is 2.01. The molecule has 8 nitrogen and oxygen atoms in total. The van der Waals surface area contributed by atoms with Crippen molar-refractivity contribution in [3.05, 3.63) is 5.53 Å². The highest BCUT2D eigenvalue weighted by Crippen LogP contribution is 2.41. The molecule has 0 aromatic carbocycles. The van der Waals surface area contributed by atoms with Crippen molar-refractivity contribution in [2.24, 2.45) is 0 Å². The molecule has 0 saturated heterocycles. The normalized spacial score (nSPS) is 15.6. The van der Waals surface area contributed by atoms with Crippen LogP contribution in [0.3, 0.4) is 0 Å². The Labute approximate surface area is 150 Å². The predicted molar refractivity (Wildman–Crippen MR) is 94.6 cm³/mol. The van der Waals surface area contributed by atoms with Gasteiger partial charge in [0.1, 0.15) is 0 Å². The van der Waals surface area contributed by atoms with Crippen LogP contribution >= 0.6 is 0 Å². The third kappa shape index (κ3) is 5.47. The van der Waals surface area contributed by atoms with E-state index in [1.54, 1.807) is 6.92 Å². The number of carbonyl (C=O) groups excluding carboxylic acids is 2. The first-order chi connectivity index (χ1) is 11.3. The number of ether oxygens (including phenoxy) is 2. The van der Waals surface area contributed by atoms with Crippen molar-refractivity contribution in [2.75, 3.05) is 14.2 Å². The monoisotopic (exact) mass is 374 g/mol. The second-order valence-electron chi connectivity index (χ2n) is 7.51. The summed E-state index contributed by atoms with van der Waals surface area (Å²) in [5, 5.41) is 9.37. The molecule has 0 radical (unpaired) electrons. The number of hydrogen-bond acceptors (Lipinski definition) is 6. The zero-order valence-corrected chi connectivity index (χ0v) is 17.4. The van der Waals surface area contributed by atoms with Gasteiger partial charge in [0, 0.05) is 6.42 Å². The van der Waals surface area contributed by atoms with Gasteiger partial charge in [0.25, 0.3) is 5.60 Å². The van der Waals surface area contributed by atoms with Crippen molar-refractivity contribution in [1.29, 1.82) is 0 Å². The van der Waals surface area contributed by atoms with Gasteiger partial charge in [0.2, 0.25) is 0 Å². The van der Waals surface area contributed by atoms with Gasteiger partial charge < -0.3 is 24.5 Å². The molecule has 0 aliphatic carbocycles. The Bertz CT molecular complexity index is 549. The highest BCUT2D eigenvalue weighted by Gasteiger charge is 2.60. The maximum Gasteiger partial charge on any atom is 0.420 e. The third-order valence-corrected chi connectivity index (χ3v) is 9.00. The molecule has 0 aliphatic rings. The molecule has 0 rings (SSSR count). The number of nitrogens with zero attached hydrogens (tertiary/aromatic N) is 2. The van der Waals surface area contributed by atoms with Crippen LogP contribution in [0.4, 0.5) is 0 Å². The second kappa shape index (κ2) is 8.71. The lowest BCUT2D eigenvalue weighted by atomic mass is 9.90. The Balaban J connectivity index is 6.43. The molecular weight excluding hydrogens is 344 g/mol. The second-order valence-corrected chi connectivity index (χ2v) is 12.2. The van der Waals surface area contributed by atoms with E-state index in [4.69, 9.17) is 9.16 Å². The van der Waals surface area contributed by atoms with Gasteiger partial charge in [0.05, 0.1) is 20.3 Å². The summed E-state index contributed by atoms with van der Waals surface area (Å²) in [6, 6.07) is 0. The van der Waals surface area contributed by atoms with Crippen molar-refractivity contribution in [3.8, 4) is 0 Å². The summed E-state index contributed by atoms with van der Waals surface area (Å²) in [5.74, 6) is -1.88. The highest BCUT2D eigenvalue weighted by atomic mass is 28.4. The van der Waals surface area contributed by atoms with Gasteiger partial charge >= 0.3 is 17.7 Å². The molecule has 2 atom stereocenters. The quantitative estimate of drug-likeness (QED) is 0.228. The lowest BCUT2D eigenvalue weighted by molar-refractivity contribution is -0.162. The lowest BCUT2D eigenvalue weighted by Crippen LogP contribution is -2.60. The number of hydrogen-bond donors (Lipinski definition) is 1. The summed E-state index contributed by atoms with van der Waals surface area (Å²) in [4.78, 5) is 27.8. The third-order valence-electron chi connectivity index (χ3n) is 4.53. The molecule has 2 unspecified atom stereocenters. The molecule has 0 saturated carbocycles. The van der Waals surface area contributed by atoms with Gasteiger partial charge in [-0.1, -0.05) is 20.8 Å². The Morgan fingerprint density at radius 3 is 2.04 bits per heavy atom. The van der Waals surface area contributed by atoms with Gasteiger partial charge in [-0.05, 0) is 31.5 Å². The number of carbonyl (C=O) groups is 2. The topological polar surface area (TPSA) is 118 Å². The van der Waals surface area contributed by atoms with E-state index < -0.39 is 37.7 Å². The van der Waals surface area contributed by atoms with Gasteiger partial charge in [-0.2, -0.15) is 4.79 Å². The molecule has 1 N–H and O–H groups in total. The summed E-state index contributed by atoms with van der Waals surface area (Å²) in [6.07, 6.45) is -0.734. The van der Waals surface area contributed by atoms with Crippen LogP contribution < -0.4 is 0 Å². The van der Waals surface area contributed by atoms with Crippen LogP contribution in [0, 0.1) is 0 Å². The summed E-state index contributed by atoms with van der Waals surface area (Å²) >= 11 is 0. The van der Waals surface area contributed by atoms with Crippen molar-refractivity contribution >= 4 is 26.0 Å². The van der Waals surface area contributed by atoms with E-state index in [-0.39, 0.29) is 17.9 Å². The van der Waals surface area contributed by atoms with E-state index in [1.807, 2.05) is 33.9 Å². The zero-order chi connectivity index (χ0) is 20.1. The van der Waals surface area contributed by atoms with Crippen LogP contribution in [-0.4, -0.2) is 61.8 Å². The molecule has 0 bridgehead atoms. The molecule has 0 heterocycles. The van der Waals surface area contributed by atoms with E-state index in [9.17, 15) is 20.2 Å². The first-order valence-corrected chi connectivity index (χ1v) is 11.0. The summed E-state index contributed by atoms with van der Waals surface area (Å²) in [5.41, 5.74) is 6.87. The molecule has 9 heteroatoms. The average molecular weight is 375 g/mol. The van der Waals surface area contributed by atoms with Crippen LogP contribution in [0.2, 0.25) is 18.1 Å². The molecule has 0 aromatic rings. The standard InChI is InChI=1S/C16H30N2O6Si/c1-11(19)9-10-16(14(21)23-6,12(18-17)13(20)22-5)24-25(7,8)15(2,3)4/h11,19H,9-10H2,1-8H3. The van der Waals surface area contributed by atoms with Crippen LogP contribution in [0.5, 0.6) is 0 Å².